The lowest BCUT2D eigenvalue weighted by molar-refractivity contribution is -0.117. The summed E-state index contributed by atoms with van der Waals surface area (Å²) in [6, 6.07) is 11.8. The number of carbonyl (C=O) groups excluding carboxylic acids is 1. The van der Waals surface area contributed by atoms with Crippen molar-refractivity contribution in [3.63, 3.8) is 0 Å². The van der Waals surface area contributed by atoms with Gasteiger partial charge in [0.25, 0.3) is 0 Å². The van der Waals surface area contributed by atoms with Gasteiger partial charge in [0, 0.05) is 18.8 Å². The smallest absolute Gasteiger partial charge is 0.238 e. The third-order valence-electron chi connectivity index (χ3n) is 4.35. The quantitative estimate of drug-likeness (QED) is 0.895. The summed E-state index contributed by atoms with van der Waals surface area (Å²) in [6.45, 7) is 3.43. The highest BCUT2D eigenvalue weighted by atomic mass is 19.1. The number of nitrogens with zero attached hydrogens (tertiary/aromatic N) is 1. The van der Waals surface area contributed by atoms with Crippen molar-refractivity contribution in [2.45, 2.75) is 13.3 Å². The van der Waals surface area contributed by atoms with Gasteiger partial charge in [-0.05, 0) is 54.3 Å². The van der Waals surface area contributed by atoms with Crippen molar-refractivity contribution in [1.29, 1.82) is 0 Å². The topological polar surface area (TPSA) is 52.6 Å². The number of hydrogen-bond donors (Lipinski definition) is 2. The lowest BCUT2D eigenvalue weighted by Gasteiger charge is -2.26. The summed E-state index contributed by atoms with van der Waals surface area (Å²) in [7, 11) is 0. The van der Waals surface area contributed by atoms with Crippen molar-refractivity contribution in [2.24, 2.45) is 0 Å². The first kappa shape index (κ1) is 17.2. The molecule has 4 nitrogen and oxygen atoms in total. The fourth-order valence-corrected chi connectivity index (χ4v) is 2.87. The summed E-state index contributed by atoms with van der Waals surface area (Å²) in [6.07, 6.45) is 2.95. The van der Waals surface area contributed by atoms with E-state index < -0.39 is 0 Å². The number of hydrogen-bond acceptors (Lipinski definition) is 3. The number of nitrogens with one attached hydrogen (secondary N) is 1. The predicted molar refractivity (Wildman–Crippen MR) is 96.9 cm³/mol. The number of benzene rings is 2. The van der Waals surface area contributed by atoms with Gasteiger partial charge in [-0.2, -0.15) is 0 Å². The molecule has 1 amide bonds. The highest BCUT2D eigenvalue weighted by molar-refractivity contribution is 5.92. The van der Waals surface area contributed by atoms with E-state index in [1.807, 2.05) is 17.0 Å². The van der Waals surface area contributed by atoms with Crippen molar-refractivity contribution < 1.29 is 14.3 Å². The highest BCUT2D eigenvalue weighted by Gasteiger charge is 2.16. The standard InChI is InChI=1S/C20H21FN2O2/c1-14-2-5-17(12-19(14)21)22-20(25)13-23-10-8-16(9-11-23)15-3-6-18(24)7-4-15/h2-8,12,24H,9-11,13H2,1H3,(H,22,25). The first-order valence-electron chi connectivity index (χ1n) is 8.28. The number of carbonyl (C=O) groups is 1. The number of amides is 1. The molecule has 2 aromatic rings. The van der Waals surface area contributed by atoms with Gasteiger partial charge in [0.05, 0.1) is 6.54 Å². The zero-order valence-corrected chi connectivity index (χ0v) is 14.1. The van der Waals surface area contributed by atoms with Crippen LogP contribution in [0, 0.1) is 12.7 Å². The van der Waals surface area contributed by atoms with E-state index in [1.54, 1.807) is 31.2 Å². The van der Waals surface area contributed by atoms with E-state index >= 15 is 0 Å². The van der Waals surface area contributed by atoms with Crippen LogP contribution in [0.5, 0.6) is 5.75 Å². The molecular formula is C20H21FN2O2. The maximum atomic E-state index is 13.5. The Hall–Kier alpha value is -2.66. The second-order valence-electron chi connectivity index (χ2n) is 6.27. The van der Waals surface area contributed by atoms with Crippen LogP contribution in [0.4, 0.5) is 10.1 Å². The van der Waals surface area contributed by atoms with Gasteiger partial charge in [0.15, 0.2) is 0 Å². The molecule has 0 spiro atoms. The normalized spacial score (nSPS) is 14.9. The van der Waals surface area contributed by atoms with Crippen molar-refractivity contribution in [2.75, 3.05) is 25.0 Å². The predicted octanol–water partition coefficient (Wildman–Crippen LogP) is 3.57. The number of phenols is 1. The summed E-state index contributed by atoms with van der Waals surface area (Å²) >= 11 is 0. The summed E-state index contributed by atoms with van der Waals surface area (Å²) in [5.74, 6) is -0.215. The van der Waals surface area contributed by atoms with Gasteiger partial charge in [0.2, 0.25) is 5.91 Å². The fourth-order valence-electron chi connectivity index (χ4n) is 2.87. The Kier molecular flexibility index (Phi) is 5.14. The van der Waals surface area contributed by atoms with Crippen LogP contribution in [0.15, 0.2) is 48.5 Å². The van der Waals surface area contributed by atoms with Gasteiger partial charge in [-0.3, -0.25) is 9.69 Å². The molecule has 0 atom stereocenters. The monoisotopic (exact) mass is 340 g/mol. The molecule has 0 radical (unpaired) electrons. The Bertz CT molecular complexity index is 800. The maximum Gasteiger partial charge on any atom is 0.238 e. The van der Waals surface area contributed by atoms with Crippen LogP contribution in [0.25, 0.3) is 5.57 Å². The van der Waals surface area contributed by atoms with Crippen LogP contribution in [0.2, 0.25) is 0 Å². The van der Waals surface area contributed by atoms with Crippen LogP contribution in [0.3, 0.4) is 0 Å². The largest absolute Gasteiger partial charge is 0.508 e. The molecule has 0 fully saturated rings. The van der Waals surface area contributed by atoms with Gasteiger partial charge in [-0.25, -0.2) is 4.39 Å². The Morgan fingerprint density at radius 2 is 2.00 bits per heavy atom. The molecular weight excluding hydrogens is 319 g/mol. The molecule has 0 unspecified atom stereocenters. The minimum atomic E-state index is -0.322. The minimum absolute atomic E-state index is 0.148. The van der Waals surface area contributed by atoms with Crippen LogP contribution in [-0.2, 0) is 4.79 Å². The summed E-state index contributed by atoms with van der Waals surface area (Å²) in [5, 5.41) is 12.1. The Balaban J connectivity index is 1.55. The van der Waals surface area contributed by atoms with E-state index in [0.717, 1.165) is 18.5 Å². The minimum Gasteiger partial charge on any atom is -0.508 e. The SMILES string of the molecule is Cc1ccc(NC(=O)CN2CC=C(c3ccc(O)cc3)CC2)cc1F. The van der Waals surface area contributed by atoms with Gasteiger partial charge >= 0.3 is 0 Å². The van der Waals surface area contributed by atoms with Gasteiger partial charge < -0.3 is 10.4 Å². The lowest BCUT2D eigenvalue weighted by atomic mass is 9.99. The third-order valence-corrected chi connectivity index (χ3v) is 4.35. The van der Waals surface area contributed by atoms with Crippen molar-refractivity contribution in [3.8, 4) is 5.75 Å². The molecule has 5 heteroatoms. The first-order valence-corrected chi connectivity index (χ1v) is 8.28. The zero-order chi connectivity index (χ0) is 17.8. The average molecular weight is 340 g/mol. The summed E-state index contributed by atoms with van der Waals surface area (Å²) in [5.41, 5.74) is 3.35. The van der Waals surface area contributed by atoms with Crippen molar-refractivity contribution >= 4 is 17.2 Å². The Morgan fingerprint density at radius 3 is 2.64 bits per heavy atom. The fraction of sp³-hybridized carbons (Fsp3) is 0.250. The number of phenolic OH excluding ortho intramolecular Hbond substituents is 1. The van der Waals surface area contributed by atoms with E-state index in [9.17, 15) is 14.3 Å². The molecule has 0 bridgehead atoms. The van der Waals surface area contributed by atoms with Crippen LogP contribution in [0.1, 0.15) is 17.5 Å². The number of aromatic hydroxyl groups is 1. The number of rotatable bonds is 4. The summed E-state index contributed by atoms with van der Waals surface area (Å²) in [4.78, 5) is 14.2. The van der Waals surface area contributed by atoms with Gasteiger partial charge in [-0.1, -0.05) is 24.3 Å². The Labute approximate surface area is 146 Å². The third kappa shape index (κ3) is 4.45. The molecule has 0 saturated carbocycles. The van der Waals surface area contributed by atoms with E-state index in [-0.39, 0.29) is 24.0 Å². The van der Waals surface area contributed by atoms with E-state index in [2.05, 4.69) is 11.4 Å². The van der Waals surface area contributed by atoms with Gasteiger partial charge in [-0.15, -0.1) is 0 Å². The molecule has 1 heterocycles. The van der Waals surface area contributed by atoms with E-state index in [1.165, 1.54) is 11.6 Å². The first-order chi connectivity index (χ1) is 12.0. The maximum absolute atomic E-state index is 13.5. The molecule has 0 aliphatic carbocycles. The molecule has 0 saturated heterocycles. The van der Waals surface area contributed by atoms with Crippen molar-refractivity contribution in [3.05, 3.63) is 65.5 Å². The molecule has 2 aromatic carbocycles. The Morgan fingerprint density at radius 1 is 1.24 bits per heavy atom. The van der Waals surface area contributed by atoms with Crippen molar-refractivity contribution in [1.82, 2.24) is 4.90 Å². The highest BCUT2D eigenvalue weighted by Crippen LogP contribution is 2.24. The number of aryl methyl sites for hydroxylation is 1. The van der Waals surface area contributed by atoms with Crippen LogP contribution < -0.4 is 5.32 Å². The second-order valence-corrected chi connectivity index (χ2v) is 6.27. The zero-order valence-electron chi connectivity index (χ0n) is 14.1. The lowest BCUT2D eigenvalue weighted by Crippen LogP contribution is -2.36. The molecule has 25 heavy (non-hydrogen) atoms. The van der Waals surface area contributed by atoms with Gasteiger partial charge in [0.1, 0.15) is 11.6 Å². The number of halogens is 1. The van der Waals surface area contributed by atoms with Crippen LogP contribution in [-0.4, -0.2) is 35.5 Å². The molecule has 1 aliphatic heterocycles. The molecule has 0 aromatic heterocycles. The molecule has 1 aliphatic rings. The summed E-state index contributed by atoms with van der Waals surface area (Å²) < 4.78 is 13.5. The van der Waals surface area contributed by atoms with Crippen LogP contribution >= 0.6 is 0 Å². The average Bonchev–Trinajstić information content (AvgIpc) is 2.60. The molecule has 130 valence electrons. The second kappa shape index (κ2) is 7.49. The molecule has 3 rings (SSSR count). The molecule has 2 N–H and O–H groups in total. The van der Waals surface area contributed by atoms with E-state index in [0.29, 0.717) is 17.8 Å². The number of anilines is 1. The van der Waals surface area contributed by atoms with E-state index in [4.69, 9.17) is 0 Å².